The van der Waals surface area contributed by atoms with Crippen LogP contribution in [0.5, 0.6) is 0 Å². The van der Waals surface area contributed by atoms with Gasteiger partial charge in [-0.2, -0.15) is 4.39 Å². The van der Waals surface area contributed by atoms with Crippen molar-refractivity contribution in [3.05, 3.63) is 59.2 Å². The normalized spacial score (nSPS) is 16.5. The fourth-order valence-electron chi connectivity index (χ4n) is 1.94. The summed E-state index contributed by atoms with van der Waals surface area (Å²) in [6, 6.07) is 3.53. The molecule has 1 amide bonds. The summed E-state index contributed by atoms with van der Waals surface area (Å²) in [5.74, 6) is 3.97. The Bertz CT molecular complexity index is 799. The molecular weight excluding hydrogens is 292 g/mol. The molecule has 22 heavy (non-hydrogen) atoms. The number of pyridine rings is 2. The number of halogens is 2. The fraction of sp³-hybridized carbons (Fsp3) is 0.133. The molecule has 1 fully saturated rings. The Morgan fingerprint density at radius 1 is 1.32 bits per heavy atom. The molecule has 110 valence electrons. The van der Waals surface area contributed by atoms with Crippen molar-refractivity contribution in [3.8, 4) is 11.8 Å². The Hall–Kier alpha value is -3.01. The van der Waals surface area contributed by atoms with Crippen molar-refractivity contribution < 1.29 is 18.3 Å². The van der Waals surface area contributed by atoms with Gasteiger partial charge in [0.2, 0.25) is 5.95 Å². The van der Waals surface area contributed by atoms with E-state index in [-0.39, 0.29) is 17.9 Å². The van der Waals surface area contributed by atoms with Gasteiger partial charge in [0.05, 0.1) is 6.04 Å². The maximum Gasteiger partial charge on any atom is 0.407 e. The molecule has 3 rings (SSSR count). The quantitative estimate of drug-likeness (QED) is 0.646. The van der Waals surface area contributed by atoms with Gasteiger partial charge in [-0.15, -0.1) is 0 Å². The third-order valence-electron chi connectivity index (χ3n) is 3.00. The van der Waals surface area contributed by atoms with Gasteiger partial charge in [0.15, 0.2) is 5.82 Å². The van der Waals surface area contributed by atoms with Crippen LogP contribution in [-0.4, -0.2) is 22.7 Å². The summed E-state index contributed by atoms with van der Waals surface area (Å²) in [5, 5.41) is 2.46. The van der Waals surface area contributed by atoms with Crippen LogP contribution in [0.1, 0.15) is 22.9 Å². The summed E-state index contributed by atoms with van der Waals surface area (Å²) in [6.45, 7) is 0.0170. The van der Waals surface area contributed by atoms with Crippen LogP contribution in [0.2, 0.25) is 0 Å². The predicted molar refractivity (Wildman–Crippen MR) is 71.6 cm³/mol. The molecule has 1 N–H and O–H groups in total. The molecule has 5 nitrogen and oxygen atoms in total. The molecule has 0 saturated carbocycles. The first-order valence-corrected chi connectivity index (χ1v) is 6.35. The summed E-state index contributed by atoms with van der Waals surface area (Å²) < 4.78 is 31.9. The molecule has 1 aliphatic rings. The number of nitrogens with zero attached hydrogens (tertiary/aromatic N) is 2. The van der Waals surface area contributed by atoms with E-state index in [0.717, 1.165) is 0 Å². The standard InChI is InChI=1S/C15H9F2N3O2/c16-11-2-1-5-18-12(11)4-3-9-6-10(14(17)19-7-9)13-8-22-15(21)20-13/h1-2,5-7,13H,8H2,(H,20,21)/t13-/m0/s1. The third-order valence-corrected chi connectivity index (χ3v) is 3.00. The first-order chi connectivity index (χ1) is 10.6. The van der Waals surface area contributed by atoms with Gasteiger partial charge in [0.1, 0.15) is 12.3 Å². The number of nitrogens with one attached hydrogen (secondary N) is 1. The third kappa shape index (κ3) is 2.86. The molecule has 0 bridgehead atoms. The van der Waals surface area contributed by atoms with Crippen molar-refractivity contribution in [2.45, 2.75) is 6.04 Å². The minimum atomic E-state index is -0.717. The highest BCUT2D eigenvalue weighted by Gasteiger charge is 2.26. The number of rotatable bonds is 1. The number of cyclic esters (lactones) is 1. The van der Waals surface area contributed by atoms with Crippen LogP contribution in [0.3, 0.4) is 0 Å². The summed E-state index contributed by atoms with van der Waals surface area (Å²) in [5.41, 5.74) is 0.535. The number of alkyl carbamates (subject to hydrolysis) is 1. The van der Waals surface area contributed by atoms with Crippen LogP contribution in [0.4, 0.5) is 13.6 Å². The van der Waals surface area contributed by atoms with Gasteiger partial charge < -0.3 is 10.1 Å². The van der Waals surface area contributed by atoms with Gasteiger partial charge in [-0.25, -0.2) is 19.2 Å². The van der Waals surface area contributed by atoms with Crippen molar-refractivity contribution in [1.29, 1.82) is 0 Å². The van der Waals surface area contributed by atoms with E-state index >= 15 is 0 Å². The highest BCUT2D eigenvalue weighted by molar-refractivity contribution is 5.70. The van der Waals surface area contributed by atoms with Gasteiger partial charge in [-0.3, -0.25) is 0 Å². The molecule has 0 unspecified atom stereocenters. The van der Waals surface area contributed by atoms with Crippen LogP contribution in [0.25, 0.3) is 0 Å². The van der Waals surface area contributed by atoms with E-state index in [4.69, 9.17) is 4.74 Å². The van der Waals surface area contributed by atoms with Crippen molar-refractivity contribution >= 4 is 6.09 Å². The summed E-state index contributed by atoms with van der Waals surface area (Å²) in [7, 11) is 0. The van der Waals surface area contributed by atoms with Crippen LogP contribution < -0.4 is 5.32 Å². The van der Waals surface area contributed by atoms with Crippen LogP contribution >= 0.6 is 0 Å². The zero-order chi connectivity index (χ0) is 15.5. The molecule has 0 radical (unpaired) electrons. The van der Waals surface area contributed by atoms with E-state index in [1.165, 1.54) is 30.6 Å². The van der Waals surface area contributed by atoms with Gasteiger partial charge in [-0.05, 0) is 24.1 Å². The first kappa shape index (κ1) is 13.9. The molecule has 0 aliphatic carbocycles. The maximum atomic E-state index is 13.7. The minimum absolute atomic E-state index is 0.00845. The summed E-state index contributed by atoms with van der Waals surface area (Å²) in [4.78, 5) is 18.4. The van der Waals surface area contributed by atoms with Crippen molar-refractivity contribution in [2.24, 2.45) is 0 Å². The molecule has 7 heteroatoms. The maximum absolute atomic E-state index is 13.7. The van der Waals surface area contributed by atoms with E-state index in [1.807, 2.05) is 0 Å². The van der Waals surface area contributed by atoms with Crippen LogP contribution in [-0.2, 0) is 4.74 Å². The lowest BCUT2D eigenvalue weighted by Crippen LogP contribution is -2.19. The summed E-state index contributed by atoms with van der Waals surface area (Å²) in [6.07, 6.45) is 2.04. The van der Waals surface area contributed by atoms with E-state index in [0.29, 0.717) is 5.56 Å². The van der Waals surface area contributed by atoms with Crippen LogP contribution in [0, 0.1) is 23.6 Å². The molecule has 1 aliphatic heterocycles. The molecule has 0 spiro atoms. The molecule has 1 saturated heterocycles. The number of amides is 1. The van der Waals surface area contributed by atoms with E-state index < -0.39 is 23.9 Å². The second-order valence-electron chi connectivity index (χ2n) is 4.48. The zero-order valence-corrected chi connectivity index (χ0v) is 11.1. The number of carbonyl (C=O) groups is 1. The Morgan fingerprint density at radius 3 is 2.91 bits per heavy atom. The highest BCUT2D eigenvalue weighted by Crippen LogP contribution is 2.20. The predicted octanol–water partition coefficient (Wildman–Crippen LogP) is 1.94. The Balaban J connectivity index is 1.90. The van der Waals surface area contributed by atoms with E-state index in [2.05, 4.69) is 27.1 Å². The second-order valence-corrected chi connectivity index (χ2v) is 4.48. The molecule has 0 aromatic carbocycles. The SMILES string of the molecule is O=C1N[C@H](c2cc(C#Cc3ncccc3F)cnc2F)CO1. The molecule has 2 aromatic heterocycles. The lowest BCUT2D eigenvalue weighted by atomic mass is 10.1. The number of carbonyl (C=O) groups excluding carboxylic acids is 1. The second kappa shape index (κ2) is 5.77. The molecule has 3 heterocycles. The number of ether oxygens (including phenoxy) is 1. The lowest BCUT2D eigenvalue weighted by Gasteiger charge is -2.08. The van der Waals surface area contributed by atoms with Crippen molar-refractivity contribution in [3.63, 3.8) is 0 Å². The first-order valence-electron chi connectivity index (χ1n) is 6.35. The average Bonchev–Trinajstić information content (AvgIpc) is 2.94. The largest absolute Gasteiger partial charge is 0.447 e. The number of hydrogen-bond donors (Lipinski definition) is 1. The van der Waals surface area contributed by atoms with E-state index in [1.54, 1.807) is 0 Å². The number of aromatic nitrogens is 2. The Labute approximate surface area is 124 Å². The van der Waals surface area contributed by atoms with Gasteiger partial charge in [-0.1, -0.05) is 5.92 Å². The minimum Gasteiger partial charge on any atom is -0.447 e. The topological polar surface area (TPSA) is 64.1 Å². The monoisotopic (exact) mass is 301 g/mol. The Morgan fingerprint density at radius 2 is 2.18 bits per heavy atom. The molecule has 1 atom stereocenters. The van der Waals surface area contributed by atoms with Gasteiger partial charge in [0, 0.05) is 23.5 Å². The molecule has 2 aromatic rings. The van der Waals surface area contributed by atoms with Crippen molar-refractivity contribution in [1.82, 2.24) is 15.3 Å². The van der Waals surface area contributed by atoms with Gasteiger partial charge >= 0.3 is 6.09 Å². The lowest BCUT2D eigenvalue weighted by molar-refractivity contribution is 0.176. The molecular formula is C15H9F2N3O2. The van der Waals surface area contributed by atoms with Gasteiger partial charge in [0.25, 0.3) is 0 Å². The number of hydrogen-bond acceptors (Lipinski definition) is 4. The Kier molecular flexibility index (Phi) is 3.66. The highest BCUT2D eigenvalue weighted by atomic mass is 19.1. The fourth-order valence-corrected chi connectivity index (χ4v) is 1.94. The zero-order valence-electron chi connectivity index (χ0n) is 11.1. The van der Waals surface area contributed by atoms with E-state index in [9.17, 15) is 13.6 Å². The van der Waals surface area contributed by atoms with Crippen molar-refractivity contribution in [2.75, 3.05) is 6.61 Å². The smallest absolute Gasteiger partial charge is 0.407 e. The summed E-state index contributed by atoms with van der Waals surface area (Å²) >= 11 is 0. The average molecular weight is 301 g/mol. The van der Waals surface area contributed by atoms with Crippen LogP contribution in [0.15, 0.2) is 30.6 Å².